The number of sulfonamides is 1. The SMILES string of the molecule is CCN(C(=O)COC(=O)CCNS(=O)(=O)c1cccc(Cl)c1)C1CCS(=O)(=O)C1. The van der Waals surface area contributed by atoms with Crippen LogP contribution in [-0.4, -0.2) is 70.9 Å². The molecule has 162 valence electrons. The van der Waals surface area contributed by atoms with Crippen molar-refractivity contribution in [3.8, 4) is 0 Å². The average molecular weight is 467 g/mol. The molecule has 1 saturated heterocycles. The molecule has 1 aliphatic heterocycles. The maximum absolute atomic E-state index is 12.3. The number of hydrogen-bond acceptors (Lipinski definition) is 7. The molecule has 1 aliphatic rings. The highest BCUT2D eigenvalue weighted by molar-refractivity contribution is 7.91. The number of carbonyl (C=O) groups is 2. The Morgan fingerprint density at radius 1 is 1.34 bits per heavy atom. The van der Waals surface area contributed by atoms with Gasteiger partial charge in [0.05, 0.1) is 22.8 Å². The van der Waals surface area contributed by atoms with Crippen molar-refractivity contribution in [1.29, 1.82) is 0 Å². The Morgan fingerprint density at radius 2 is 2.07 bits per heavy atom. The van der Waals surface area contributed by atoms with E-state index < -0.39 is 44.4 Å². The maximum Gasteiger partial charge on any atom is 0.307 e. The van der Waals surface area contributed by atoms with E-state index in [4.69, 9.17) is 16.3 Å². The fraction of sp³-hybridized carbons (Fsp3) is 0.529. The number of sulfone groups is 1. The molecular formula is C17H23ClN2O7S2. The molecule has 1 atom stereocenters. The lowest BCUT2D eigenvalue weighted by molar-refractivity contribution is -0.152. The van der Waals surface area contributed by atoms with Crippen molar-refractivity contribution in [2.75, 3.05) is 31.2 Å². The number of nitrogens with zero attached hydrogens (tertiary/aromatic N) is 1. The Labute approximate surface area is 175 Å². The minimum Gasteiger partial charge on any atom is -0.456 e. The molecule has 1 unspecified atom stereocenters. The number of rotatable bonds is 9. The van der Waals surface area contributed by atoms with Gasteiger partial charge >= 0.3 is 5.97 Å². The van der Waals surface area contributed by atoms with Crippen LogP contribution in [0.25, 0.3) is 0 Å². The van der Waals surface area contributed by atoms with Gasteiger partial charge in [0.25, 0.3) is 5.91 Å². The molecule has 0 saturated carbocycles. The van der Waals surface area contributed by atoms with Crippen LogP contribution < -0.4 is 4.72 Å². The Morgan fingerprint density at radius 3 is 2.66 bits per heavy atom. The van der Waals surface area contributed by atoms with E-state index >= 15 is 0 Å². The van der Waals surface area contributed by atoms with E-state index in [-0.39, 0.29) is 34.4 Å². The number of nitrogens with one attached hydrogen (secondary N) is 1. The van der Waals surface area contributed by atoms with Crippen LogP contribution in [0.15, 0.2) is 29.2 Å². The Bertz CT molecular complexity index is 964. The van der Waals surface area contributed by atoms with Crippen LogP contribution in [0.4, 0.5) is 0 Å². The predicted octanol–water partition coefficient (Wildman–Crippen LogP) is 0.587. The molecule has 0 aliphatic carbocycles. The third-order valence-corrected chi connectivity index (χ3v) is 7.84. The molecule has 0 aromatic heterocycles. The second-order valence-corrected chi connectivity index (χ2v) is 10.9. The van der Waals surface area contributed by atoms with E-state index in [0.29, 0.717) is 13.0 Å². The van der Waals surface area contributed by atoms with Crippen molar-refractivity contribution in [2.45, 2.75) is 30.7 Å². The van der Waals surface area contributed by atoms with Gasteiger partial charge in [-0.2, -0.15) is 0 Å². The summed E-state index contributed by atoms with van der Waals surface area (Å²) in [5.74, 6) is -1.29. The zero-order chi connectivity index (χ0) is 21.7. The molecule has 1 aromatic rings. The van der Waals surface area contributed by atoms with Crippen molar-refractivity contribution >= 4 is 43.3 Å². The number of carbonyl (C=O) groups excluding carboxylic acids is 2. The normalized spacial score (nSPS) is 18.3. The third-order valence-electron chi connectivity index (χ3n) is 4.39. The Kier molecular flexibility index (Phi) is 8.03. The van der Waals surface area contributed by atoms with Gasteiger partial charge in [0.2, 0.25) is 10.0 Å². The van der Waals surface area contributed by atoms with Crippen molar-refractivity contribution in [3.05, 3.63) is 29.3 Å². The van der Waals surface area contributed by atoms with Crippen LogP contribution in [0.2, 0.25) is 5.02 Å². The first-order valence-corrected chi connectivity index (χ1v) is 12.6. The predicted molar refractivity (Wildman–Crippen MR) is 107 cm³/mol. The summed E-state index contributed by atoms with van der Waals surface area (Å²) in [7, 11) is -6.97. The molecule has 1 fully saturated rings. The molecule has 1 aromatic carbocycles. The average Bonchev–Trinajstić information content (AvgIpc) is 3.00. The molecule has 1 N–H and O–H groups in total. The Balaban J connectivity index is 1.78. The maximum atomic E-state index is 12.3. The number of likely N-dealkylation sites (N-methyl/N-ethyl adjacent to an activating group) is 1. The highest BCUT2D eigenvalue weighted by atomic mass is 35.5. The van der Waals surface area contributed by atoms with Crippen LogP contribution in [0.3, 0.4) is 0 Å². The van der Waals surface area contributed by atoms with E-state index in [9.17, 15) is 26.4 Å². The van der Waals surface area contributed by atoms with Crippen LogP contribution in [0, 0.1) is 0 Å². The number of esters is 1. The van der Waals surface area contributed by atoms with Gasteiger partial charge in [0.15, 0.2) is 16.4 Å². The molecule has 0 radical (unpaired) electrons. The number of benzene rings is 1. The first-order valence-electron chi connectivity index (χ1n) is 8.95. The summed E-state index contributed by atoms with van der Waals surface area (Å²) in [5, 5.41) is 0.265. The molecule has 1 heterocycles. The third kappa shape index (κ3) is 6.95. The number of ether oxygens (including phenoxy) is 1. The summed E-state index contributed by atoms with van der Waals surface area (Å²) in [6, 6.07) is 5.26. The lowest BCUT2D eigenvalue weighted by Crippen LogP contribution is -2.43. The Hall–Kier alpha value is -1.69. The summed E-state index contributed by atoms with van der Waals surface area (Å²) in [6.45, 7) is 1.29. The van der Waals surface area contributed by atoms with Crippen LogP contribution in [0.1, 0.15) is 19.8 Å². The lowest BCUT2D eigenvalue weighted by Gasteiger charge is -2.26. The van der Waals surface area contributed by atoms with Crippen molar-refractivity contribution < 1.29 is 31.2 Å². The summed E-state index contributed by atoms with van der Waals surface area (Å²) in [5.41, 5.74) is 0. The van der Waals surface area contributed by atoms with Gasteiger partial charge in [-0.15, -0.1) is 0 Å². The van der Waals surface area contributed by atoms with E-state index in [1.165, 1.54) is 29.2 Å². The van der Waals surface area contributed by atoms with E-state index in [0.717, 1.165) is 0 Å². The smallest absolute Gasteiger partial charge is 0.307 e. The minimum atomic E-state index is -3.82. The number of hydrogen-bond donors (Lipinski definition) is 1. The molecule has 0 spiro atoms. The van der Waals surface area contributed by atoms with Crippen LogP contribution in [0.5, 0.6) is 0 Å². The van der Waals surface area contributed by atoms with Crippen molar-refractivity contribution in [1.82, 2.24) is 9.62 Å². The lowest BCUT2D eigenvalue weighted by atomic mass is 10.2. The fourth-order valence-electron chi connectivity index (χ4n) is 2.96. The minimum absolute atomic E-state index is 0.0290. The zero-order valence-corrected chi connectivity index (χ0v) is 18.2. The first kappa shape index (κ1) is 23.6. The largest absolute Gasteiger partial charge is 0.456 e. The highest BCUT2D eigenvalue weighted by Crippen LogP contribution is 2.18. The number of halogens is 1. The van der Waals surface area contributed by atoms with Crippen molar-refractivity contribution in [3.63, 3.8) is 0 Å². The highest BCUT2D eigenvalue weighted by Gasteiger charge is 2.34. The van der Waals surface area contributed by atoms with E-state index in [1.807, 2.05) is 0 Å². The van der Waals surface area contributed by atoms with Gasteiger partial charge in [-0.3, -0.25) is 9.59 Å². The van der Waals surface area contributed by atoms with Gasteiger partial charge in [-0.25, -0.2) is 21.6 Å². The van der Waals surface area contributed by atoms with Crippen LogP contribution in [-0.2, 0) is 34.2 Å². The monoisotopic (exact) mass is 466 g/mol. The van der Waals surface area contributed by atoms with E-state index in [1.54, 1.807) is 6.92 Å². The van der Waals surface area contributed by atoms with Crippen LogP contribution >= 0.6 is 11.6 Å². The zero-order valence-electron chi connectivity index (χ0n) is 15.8. The van der Waals surface area contributed by atoms with Gasteiger partial charge < -0.3 is 9.64 Å². The molecule has 9 nitrogen and oxygen atoms in total. The van der Waals surface area contributed by atoms with Crippen molar-refractivity contribution in [2.24, 2.45) is 0 Å². The fourth-order valence-corrected chi connectivity index (χ4v) is 6.02. The van der Waals surface area contributed by atoms with E-state index in [2.05, 4.69) is 4.72 Å². The molecule has 12 heteroatoms. The van der Waals surface area contributed by atoms with Gasteiger partial charge in [0, 0.05) is 24.2 Å². The molecule has 1 amide bonds. The number of amides is 1. The summed E-state index contributed by atoms with van der Waals surface area (Å²) < 4.78 is 54.6. The summed E-state index contributed by atoms with van der Waals surface area (Å²) in [6.07, 6.45) is 0.0954. The molecule has 0 bridgehead atoms. The first-order chi connectivity index (χ1) is 13.5. The standard InChI is InChI=1S/C17H23ClN2O7S2/c1-2-20(14-7-9-28(23,24)12-14)16(21)11-27-17(22)6-8-19-29(25,26)15-5-3-4-13(18)10-15/h3-5,10,14,19H,2,6-9,11-12H2,1H3. The van der Waals surface area contributed by atoms with Gasteiger partial charge in [0.1, 0.15) is 0 Å². The summed E-state index contributed by atoms with van der Waals surface area (Å²) in [4.78, 5) is 25.4. The second kappa shape index (κ2) is 9.88. The molecule has 29 heavy (non-hydrogen) atoms. The quantitative estimate of drug-likeness (QED) is 0.527. The molecular weight excluding hydrogens is 444 g/mol. The summed E-state index contributed by atoms with van der Waals surface area (Å²) >= 11 is 5.77. The van der Waals surface area contributed by atoms with Gasteiger partial charge in [-0.05, 0) is 31.5 Å². The second-order valence-electron chi connectivity index (χ2n) is 6.50. The molecule has 2 rings (SSSR count). The van der Waals surface area contributed by atoms with Gasteiger partial charge in [-0.1, -0.05) is 17.7 Å². The topological polar surface area (TPSA) is 127 Å².